The van der Waals surface area contributed by atoms with Gasteiger partial charge in [-0.3, -0.25) is 5.10 Å². The Morgan fingerprint density at radius 2 is 1.79 bits per heavy atom. The van der Waals surface area contributed by atoms with E-state index in [0.717, 1.165) is 17.6 Å². The van der Waals surface area contributed by atoms with Crippen molar-refractivity contribution in [3.63, 3.8) is 0 Å². The maximum Gasteiger partial charge on any atom is 0.238 e. The van der Waals surface area contributed by atoms with Crippen LogP contribution in [0, 0.1) is 19.7 Å². The van der Waals surface area contributed by atoms with Gasteiger partial charge in [0, 0.05) is 17.1 Å². The van der Waals surface area contributed by atoms with Crippen molar-refractivity contribution in [3.05, 3.63) is 77.5 Å². The molecule has 0 atom stereocenters. The highest BCUT2D eigenvalue weighted by Gasteiger charge is 2.13. The number of primary sulfonamides is 1. The zero-order valence-electron chi connectivity index (χ0n) is 18.3. The molecule has 0 bridgehead atoms. The molecule has 0 fully saturated rings. The van der Waals surface area contributed by atoms with E-state index in [1.165, 1.54) is 6.07 Å². The Balaban J connectivity index is 1.45. The molecule has 2 heterocycles. The van der Waals surface area contributed by atoms with Gasteiger partial charge in [0.1, 0.15) is 12.4 Å². The molecule has 0 aliphatic rings. The van der Waals surface area contributed by atoms with Crippen LogP contribution in [0.5, 0.6) is 5.75 Å². The van der Waals surface area contributed by atoms with Crippen LogP contribution in [-0.2, 0) is 16.6 Å². The van der Waals surface area contributed by atoms with Crippen LogP contribution >= 0.6 is 0 Å². The van der Waals surface area contributed by atoms with Crippen molar-refractivity contribution in [3.8, 4) is 5.75 Å². The molecule has 0 aliphatic carbocycles. The van der Waals surface area contributed by atoms with E-state index in [0.29, 0.717) is 29.3 Å². The third-order valence-electron chi connectivity index (χ3n) is 4.76. The predicted octanol–water partition coefficient (Wildman–Crippen LogP) is 3.67. The molecular formula is C22H22FN7O3S. The first-order valence-corrected chi connectivity index (χ1v) is 11.7. The number of H-pyrrole nitrogens is 1. The van der Waals surface area contributed by atoms with E-state index in [4.69, 9.17) is 9.88 Å². The Bertz CT molecular complexity index is 1420. The summed E-state index contributed by atoms with van der Waals surface area (Å²) in [4.78, 5) is 8.03. The molecule has 0 saturated carbocycles. The summed E-state index contributed by atoms with van der Waals surface area (Å²) in [7, 11) is -3.89. The van der Waals surface area contributed by atoms with Crippen LogP contribution in [0.2, 0.25) is 0 Å². The number of nitrogens with two attached hydrogens (primary N) is 1. The Morgan fingerprint density at radius 3 is 2.47 bits per heavy atom. The van der Waals surface area contributed by atoms with Gasteiger partial charge in [-0.2, -0.15) is 10.1 Å². The smallest absolute Gasteiger partial charge is 0.238 e. The number of rotatable bonds is 8. The largest absolute Gasteiger partial charge is 0.487 e. The van der Waals surface area contributed by atoms with E-state index >= 15 is 0 Å². The second-order valence-corrected chi connectivity index (χ2v) is 9.05. The molecule has 0 aliphatic heterocycles. The number of anilines is 4. The molecule has 0 spiro atoms. The van der Waals surface area contributed by atoms with Crippen LogP contribution in [0.25, 0.3) is 0 Å². The first-order valence-electron chi connectivity index (χ1n) is 10.1. The molecular weight excluding hydrogens is 461 g/mol. The Kier molecular flexibility index (Phi) is 6.43. The number of hydrogen-bond donors (Lipinski definition) is 4. The van der Waals surface area contributed by atoms with Crippen LogP contribution in [0.3, 0.4) is 0 Å². The minimum atomic E-state index is -3.89. The molecule has 2 aromatic heterocycles. The molecule has 4 rings (SSSR count). The minimum absolute atomic E-state index is 0.0253. The van der Waals surface area contributed by atoms with E-state index in [-0.39, 0.29) is 16.7 Å². The maximum atomic E-state index is 14.3. The summed E-state index contributed by atoms with van der Waals surface area (Å²) in [6.07, 6.45) is 1.01. The number of benzene rings is 2. The van der Waals surface area contributed by atoms with Crippen LogP contribution in [0.1, 0.15) is 17.0 Å². The number of nitrogens with one attached hydrogen (secondary N) is 3. The lowest BCUT2D eigenvalue weighted by Crippen LogP contribution is -2.14. The topological polar surface area (TPSA) is 148 Å². The van der Waals surface area contributed by atoms with E-state index in [1.807, 2.05) is 13.0 Å². The van der Waals surface area contributed by atoms with Gasteiger partial charge in [0.25, 0.3) is 0 Å². The fraction of sp³-hybridized carbons (Fsp3) is 0.136. The van der Waals surface area contributed by atoms with Crippen LogP contribution in [-0.4, -0.2) is 28.6 Å². The first kappa shape index (κ1) is 23.1. The maximum absolute atomic E-state index is 14.3. The zero-order valence-corrected chi connectivity index (χ0v) is 19.1. The van der Waals surface area contributed by atoms with Crippen molar-refractivity contribution in [2.75, 3.05) is 10.6 Å². The molecule has 2 aromatic carbocycles. The van der Waals surface area contributed by atoms with Crippen LogP contribution < -0.4 is 20.5 Å². The van der Waals surface area contributed by atoms with E-state index in [1.54, 1.807) is 43.3 Å². The first-order chi connectivity index (χ1) is 16.2. The van der Waals surface area contributed by atoms with Crippen LogP contribution in [0.4, 0.5) is 27.5 Å². The summed E-state index contributed by atoms with van der Waals surface area (Å²) in [6, 6.07) is 13.4. The standard InChI is InChI=1S/C22H22FN7O3S/c1-13-3-4-16(10-20(13)34(24,31)32)27-22-25-11-19(23)21(28-22)26-15-5-7-18(8-6-15)33-12-17-9-14(2)29-30-17/h3-11H,12H2,1-2H3,(H,29,30)(H2,24,31,32)(H2,25,26,27,28). The number of aryl methyl sites for hydroxylation is 2. The van der Waals surface area contributed by atoms with Gasteiger partial charge in [-0.25, -0.2) is 22.9 Å². The second kappa shape index (κ2) is 9.45. The summed E-state index contributed by atoms with van der Waals surface area (Å²) in [5.41, 5.74) is 3.21. The summed E-state index contributed by atoms with van der Waals surface area (Å²) >= 11 is 0. The zero-order chi connectivity index (χ0) is 24.3. The lowest BCUT2D eigenvalue weighted by Gasteiger charge is -2.11. The molecule has 34 heavy (non-hydrogen) atoms. The number of nitrogens with zero attached hydrogens (tertiary/aromatic N) is 3. The number of sulfonamides is 1. The summed E-state index contributed by atoms with van der Waals surface area (Å²) in [5.74, 6) is -0.0185. The highest BCUT2D eigenvalue weighted by molar-refractivity contribution is 7.89. The molecule has 5 N–H and O–H groups in total. The highest BCUT2D eigenvalue weighted by atomic mass is 32.2. The van der Waals surface area contributed by atoms with Gasteiger partial charge in [-0.05, 0) is 61.9 Å². The van der Waals surface area contributed by atoms with Gasteiger partial charge in [-0.1, -0.05) is 6.07 Å². The quantitative estimate of drug-likeness (QED) is 0.297. The van der Waals surface area contributed by atoms with Crippen LogP contribution in [0.15, 0.2) is 59.6 Å². The molecule has 0 amide bonds. The Morgan fingerprint density at radius 1 is 1.06 bits per heavy atom. The fourth-order valence-electron chi connectivity index (χ4n) is 3.11. The van der Waals surface area contributed by atoms with Gasteiger partial charge in [0.2, 0.25) is 16.0 Å². The van der Waals surface area contributed by atoms with Gasteiger partial charge in [-0.15, -0.1) is 0 Å². The van der Waals surface area contributed by atoms with E-state index in [2.05, 4.69) is 30.8 Å². The van der Waals surface area contributed by atoms with Crippen molar-refractivity contribution in [2.24, 2.45) is 5.14 Å². The minimum Gasteiger partial charge on any atom is -0.487 e. The summed E-state index contributed by atoms with van der Waals surface area (Å²) in [6.45, 7) is 3.86. The van der Waals surface area contributed by atoms with E-state index in [9.17, 15) is 12.8 Å². The molecule has 176 valence electrons. The molecule has 0 saturated heterocycles. The van der Waals surface area contributed by atoms with Crippen molar-refractivity contribution in [1.29, 1.82) is 0 Å². The van der Waals surface area contributed by atoms with Gasteiger partial charge in [0.15, 0.2) is 11.6 Å². The van der Waals surface area contributed by atoms with Gasteiger partial charge >= 0.3 is 0 Å². The average molecular weight is 484 g/mol. The molecule has 12 heteroatoms. The fourth-order valence-corrected chi connectivity index (χ4v) is 3.91. The monoisotopic (exact) mass is 483 g/mol. The lowest BCUT2D eigenvalue weighted by atomic mass is 10.2. The normalized spacial score (nSPS) is 11.3. The molecule has 10 nitrogen and oxygen atoms in total. The second-order valence-electron chi connectivity index (χ2n) is 7.52. The number of ether oxygens (including phenoxy) is 1. The third-order valence-corrected chi connectivity index (χ3v) is 5.81. The summed E-state index contributed by atoms with van der Waals surface area (Å²) in [5, 5.41) is 18.0. The van der Waals surface area contributed by atoms with Crippen molar-refractivity contribution in [1.82, 2.24) is 20.2 Å². The van der Waals surface area contributed by atoms with Crippen molar-refractivity contribution >= 4 is 33.2 Å². The third kappa shape index (κ3) is 5.66. The highest BCUT2D eigenvalue weighted by Crippen LogP contribution is 2.24. The number of aromatic amines is 1. The Hall–Kier alpha value is -4.03. The van der Waals surface area contributed by atoms with Crippen molar-refractivity contribution < 1.29 is 17.5 Å². The number of aromatic nitrogens is 4. The lowest BCUT2D eigenvalue weighted by molar-refractivity contribution is 0.301. The summed E-state index contributed by atoms with van der Waals surface area (Å²) < 4.78 is 43.5. The average Bonchev–Trinajstić information content (AvgIpc) is 3.21. The predicted molar refractivity (Wildman–Crippen MR) is 125 cm³/mol. The number of hydrogen-bond acceptors (Lipinski definition) is 8. The Labute approximate surface area is 195 Å². The van der Waals surface area contributed by atoms with E-state index < -0.39 is 15.8 Å². The van der Waals surface area contributed by atoms with Gasteiger partial charge < -0.3 is 15.4 Å². The molecule has 0 radical (unpaired) electrons. The molecule has 0 unspecified atom stereocenters. The number of halogens is 1. The van der Waals surface area contributed by atoms with Gasteiger partial charge in [0.05, 0.1) is 16.8 Å². The SMILES string of the molecule is Cc1cc(COc2ccc(Nc3nc(Nc4ccc(C)c(S(N)(=O)=O)c4)ncc3F)cc2)n[nH]1. The molecule has 4 aromatic rings. The van der Waals surface area contributed by atoms with Crippen molar-refractivity contribution in [2.45, 2.75) is 25.3 Å².